The molecule has 0 radical (unpaired) electrons. The van der Waals surface area contributed by atoms with Crippen LogP contribution in [0.5, 0.6) is 0 Å². The second-order valence-corrected chi connectivity index (χ2v) is 6.14. The van der Waals surface area contributed by atoms with Gasteiger partial charge in [-0.3, -0.25) is 4.79 Å². The number of hydrogen-bond donors (Lipinski definition) is 1. The van der Waals surface area contributed by atoms with Crippen LogP contribution in [0, 0.1) is 0 Å². The molecule has 0 unspecified atom stereocenters. The number of carbonyl (C=O) groups is 2. The highest BCUT2D eigenvalue weighted by Gasteiger charge is 2.18. The molecule has 0 aromatic heterocycles. The van der Waals surface area contributed by atoms with Gasteiger partial charge in [-0.05, 0) is 31.2 Å². The third kappa shape index (κ3) is 3.78. The maximum atomic E-state index is 11.8. The Morgan fingerprint density at radius 3 is 2.20 bits per heavy atom. The Morgan fingerprint density at radius 2 is 1.75 bits per heavy atom. The quantitative estimate of drug-likeness (QED) is 0.643. The summed E-state index contributed by atoms with van der Waals surface area (Å²) in [7, 11) is -0.673. The van der Waals surface area contributed by atoms with Crippen LogP contribution in [0.4, 0.5) is 5.69 Å². The molecule has 0 aliphatic carbocycles. The Labute approximate surface area is 117 Å². The molecule has 0 bridgehead atoms. The maximum absolute atomic E-state index is 11.8. The van der Waals surface area contributed by atoms with Gasteiger partial charge in [-0.25, -0.2) is 17.5 Å². The minimum Gasteiger partial charge on any atom is -0.459 e. The van der Waals surface area contributed by atoms with E-state index in [1.165, 1.54) is 38.4 Å². The Balaban J connectivity index is 2.83. The highest BCUT2D eigenvalue weighted by molar-refractivity contribution is 7.89. The molecule has 1 aromatic rings. The van der Waals surface area contributed by atoms with Gasteiger partial charge in [-0.15, -0.1) is 0 Å². The van der Waals surface area contributed by atoms with Gasteiger partial charge in [0.1, 0.15) is 0 Å². The molecule has 7 nitrogen and oxygen atoms in total. The van der Waals surface area contributed by atoms with Crippen molar-refractivity contribution >= 4 is 27.6 Å². The van der Waals surface area contributed by atoms with Crippen molar-refractivity contribution in [3.63, 3.8) is 0 Å². The first-order chi connectivity index (χ1) is 9.28. The van der Waals surface area contributed by atoms with Gasteiger partial charge in [-0.2, -0.15) is 0 Å². The predicted octanol–water partition coefficient (Wildman–Crippen LogP) is 0.438. The number of amides is 1. The van der Waals surface area contributed by atoms with E-state index < -0.39 is 21.9 Å². The van der Waals surface area contributed by atoms with E-state index >= 15 is 0 Å². The number of sulfonamides is 1. The first kappa shape index (κ1) is 16.1. The van der Waals surface area contributed by atoms with Crippen LogP contribution in [0.3, 0.4) is 0 Å². The number of hydrogen-bond acceptors (Lipinski definition) is 5. The van der Waals surface area contributed by atoms with E-state index in [-0.39, 0.29) is 11.5 Å². The van der Waals surface area contributed by atoms with Gasteiger partial charge >= 0.3 is 11.9 Å². The minimum atomic E-state index is -3.52. The number of rotatable bonds is 4. The highest BCUT2D eigenvalue weighted by atomic mass is 32.2. The van der Waals surface area contributed by atoms with E-state index in [1.54, 1.807) is 6.92 Å². The van der Waals surface area contributed by atoms with Gasteiger partial charge in [0.05, 0.1) is 11.5 Å². The number of esters is 1. The second-order valence-electron chi connectivity index (χ2n) is 3.99. The fourth-order valence-corrected chi connectivity index (χ4v) is 2.20. The van der Waals surface area contributed by atoms with E-state index in [1.807, 2.05) is 0 Å². The lowest BCUT2D eigenvalue weighted by atomic mass is 10.3. The number of nitrogens with zero attached hydrogens (tertiary/aromatic N) is 1. The average Bonchev–Trinajstić information content (AvgIpc) is 2.39. The molecule has 1 aromatic carbocycles. The van der Waals surface area contributed by atoms with Gasteiger partial charge in [0.15, 0.2) is 0 Å². The van der Waals surface area contributed by atoms with Crippen molar-refractivity contribution in [3.05, 3.63) is 24.3 Å². The van der Waals surface area contributed by atoms with Crippen LogP contribution in [-0.2, 0) is 24.3 Å². The molecule has 20 heavy (non-hydrogen) atoms. The maximum Gasteiger partial charge on any atom is 0.397 e. The van der Waals surface area contributed by atoms with E-state index in [4.69, 9.17) is 0 Å². The van der Waals surface area contributed by atoms with Crippen molar-refractivity contribution in [2.75, 3.05) is 26.0 Å². The van der Waals surface area contributed by atoms with Crippen molar-refractivity contribution in [2.45, 2.75) is 11.8 Å². The summed E-state index contributed by atoms with van der Waals surface area (Å²) in [5.41, 5.74) is 0.306. The molecule has 0 saturated heterocycles. The molecular weight excluding hydrogens is 284 g/mol. The summed E-state index contributed by atoms with van der Waals surface area (Å²) in [5, 5.41) is 2.31. The van der Waals surface area contributed by atoms with Crippen LogP contribution in [0.1, 0.15) is 6.92 Å². The zero-order valence-corrected chi connectivity index (χ0v) is 12.2. The first-order valence-corrected chi connectivity index (χ1v) is 7.23. The third-order valence-electron chi connectivity index (χ3n) is 2.35. The molecule has 0 fully saturated rings. The van der Waals surface area contributed by atoms with Crippen LogP contribution in [0.15, 0.2) is 29.2 Å². The molecule has 0 spiro atoms. The van der Waals surface area contributed by atoms with Gasteiger partial charge in [0.2, 0.25) is 10.0 Å². The molecule has 0 saturated carbocycles. The van der Waals surface area contributed by atoms with Gasteiger partial charge < -0.3 is 10.1 Å². The zero-order valence-electron chi connectivity index (χ0n) is 11.4. The lowest BCUT2D eigenvalue weighted by Gasteiger charge is -2.11. The van der Waals surface area contributed by atoms with Gasteiger partial charge in [0, 0.05) is 19.8 Å². The Bertz CT molecular complexity index is 593. The summed E-state index contributed by atoms with van der Waals surface area (Å²) in [4.78, 5) is 22.6. The Morgan fingerprint density at radius 1 is 1.20 bits per heavy atom. The van der Waals surface area contributed by atoms with Crippen LogP contribution in [0.2, 0.25) is 0 Å². The molecule has 0 aliphatic rings. The van der Waals surface area contributed by atoms with Crippen LogP contribution < -0.4 is 5.32 Å². The summed E-state index contributed by atoms with van der Waals surface area (Å²) < 4.78 is 29.3. The lowest BCUT2D eigenvalue weighted by Crippen LogP contribution is -2.25. The average molecular weight is 300 g/mol. The monoisotopic (exact) mass is 300 g/mol. The molecular formula is C12H16N2O5S. The van der Waals surface area contributed by atoms with Crippen LogP contribution >= 0.6 is 0 Å². The van der Waals surface area contributed by atoms with Crippen molar-refractivity contribution in [1.29, 1.82) is 0 Å². The van der Waals surface area contributed by atoms with E-state index in [0.29, 0.717) is 5.69 Å². The first-order valence-electron chi connectivity index (χ1n) is 5.79. The van der Waals surface area contributed by atoms with Gasteiger partial charge in [0.25, 0.3) is 0 Å². The number of anilines is 1. The number of nitrogens with one attached hydrogen (secondary N) is 1. The third-order valence-corrected chi connectivity index (χ3v) is 4.18. The summed E-state index contributed by atoms with van der Waals surface area (Å²) in [6.45, 7) is 1.69. The molecule has 0 atom stereocenters. The summed E-state index contributed by atoms with van der Waals surface area (Å²) in [6, 6.07) is 5.48. The van der Waals surface area contributed by atoms with E-state index in [0.717, 1.165) is 4.31 Å². The fourth-order valence-electron chi connectivity index (χ4n) is 1.30. The lowest BCUT2D eigenvalue weighted by molar-refractivity contribution is -0.152. The van der Waals surface area contributed by atoms with Crippen molar-refractivity contribution in [3.8, 4) is 0 Å². The summed E-state index contributed by atoms with van der Waals surface area (Å²) in [5.74, 6) is -1.90. The SMILES string of the molecule is CCOC(=O)C(=O)Nc1ccc(S(=O)(=O)N(C)C)cc1. The van der Waals surface area contributed by atoms with Crippen molar-refractivity contribution in [2.24, 2.45) is 0 Å². The zero-order chi connectivity index (χ0) is 15.3. The summed E-state index contributed by atoms with van der Waals surface area (Å²) in [6.07, 6.45) is 0. The van der Waals surface area contributed by atoms with Gasteiger partial charge in [-0.1, -0.05) is 0 Å². The minimum absolute atomic E-state index is 0.0941. The predicted molar refractivity (Wildman–Crippen MR) is 72.6 cm³/mol. The molecule has 0 heterocycles. The van der Waals surface area contributed by atoms with Crippen LogP contribution in [-0.4, -0.2) is 45.3 Å². The number of benzene rings is 1. The van der Waals surface area contributed by atoms with E-state index in [2.05, 4.69) is 10.1 Å². The topological polar surface area (TPSA) is 92.8 Å². The normalized spacial score (nSPS) is 11.2. The Kier molecular flexibility index (Phi) is 5.23. The second kappa shape index (κ2) is 6.49. The van der Waals surface area contributed by atoms with Crippen molar-refractivity contribution < 1.29 is 22.7 Å². The number of carbonyl (C=O) groups excluding carboxylic acids is 2. The molecule has 1 N–H and O–H groups in total. The standard InChI is InChI=1S/C12H16N2O5S/c1-4-19-12(16)11(15)13-9-5-7-10(8-6-9)20(17,18)14(2)3/h5-8H,4H2,1-3H3,(H,13,15). The van der Waals surface area contributed by atoms with Crippen LogP contribution in [0.25, 0.3) is 0 Å². The molecule has 0 aliphatic heterocycles. The molecule has 1 rings (SSSR count). The fraction of sp³-hybridized carbons (Fsp3) is 0.333. The van der Waals surface area contributed by atoms with E-state index in [9.17, 15) is 18.0 Å². The molecule has 110 valence electrons. The molecule has 8 heteroatoms. The number of ether oxygens (including phenoxy) is 1. The largest absolute Gasteiger partial charge is 0.459 e. The smallest absolute Gasteiger partial charge is 0.397 e. The van der Waals surface area contributed by atoms with Crippen molar-refractivity contribution in [1.82, 2.24) is 4.31 Å². The Hall–Kier alpha value is -1.93. The molecule has 1 amide bonds. The highest BCUT2D eigenvalue weighted by Crippen LogP contribution is 2.16. The summed E-state index contributed by atoms with van der Waals surface area (Å²) >= 11 is 0.